The molecule has 2 fully saturated rings. The SMILES string of the molecule is CC(C)(C)[S@@](=O)N[C@@H]1C[C@H](O)CC12CN(C(=O)OCc1ccccc1)C2. The van der Waals surface area contributed by atoms with Gasteiger partial charge in [-0.3, -0.25) is 0 Å². The van der Waals surface area contributed by atoms with Crippen molar-refractivity contribution in [3.63, 3.8) is 0 Å². The van der Waals surface area contributed by atoms with Gasteiger partial charge in [0, 0.05) is 24.5 Å². The van der Waals surface area contributed by atoms with Gasteiger partial charge in [0.05, 0.1) is 21.8 Å². The van der Waals surface area contributed by atoms with Crippen LogP contribution in [-0.4, -0.2) is 50.3 Å². The molecule has 1 aliphatic carbocycles. The number of rotatable bonds is 4. The minimum Gasteiger partial charge on any atom is -0.445 e. The van der Waals surface area contributed by atoms with Crippen LogP contribution in [0.5, 0.6) is 0 Å². The molecule has 2 aliphatic rings. The number of hydrogen-bond donors (Lipinski definition) is 2. The highest BCUT2D eigenvalue weighted by atomic mass is 32.2. The molecule has 0 unspecified atom stereocenters. The second-order valence-corrected chi connectivity index (χ2v) is 10.4. The van der Waals surface area contributed by atoms with Gasteiger partial charge in [0.1, 0.15) is 6.61 Å². The van der Waals surface area contributed by atoms with Gasteiger partial charge >= 0.3 is 6.09 Å². The summed E-state index contributed by atoms with van der Waals surface area (Å²) >= 11 is 0. The normalized spacial score (nSPS) is 25.8. The van der Waals surface area contributed by atoms with Crippen molar-refractivity contribution in [1.82, 2.24) is 9.62 Å². The van der Waals surface area contributed by atoms with E-state index in [4.69, 9.17) is 4.74 Å². The minimum absolute atomic E-state index is 0.0595. The van der Waals surface area contributed by atoms with Crippen molar-refractivity contribution in [3.05, 3.63) is 35.9 Å². The Morgan fingerprint density at radius 2 is 2.00 bits per heavy atom. The Morgan fingerprint density at radius 3 is 2.62 bits per heavy atom. The van der Waals surface area contributed by atoms with Crippen molar-refractivity contribution in [2.24, 2.45) is 5.41 Å². The van der Waals surface area contributed by atoms with Gasteiger partial charge in [-0.2, -0.15) is 0 Å². The molecule has 1 saturated heterocycles. The lowest BCUT2D eigenvalue weighted by Gasteiger charge is -2.50. The van der Waals surface area contributed by atoms with E-state index in [9.17, 15) is 14.1 Å². The first-order valence-electron chi connectivity index (χ1n) is 9.01. The maximum Gasteiger partial charge on any atom is 0.410 e. The van der Waals surface area contributed by atoms with Gasteiger partial charge in [0.2, 0.25) is 0 Å². The van der Waals surface area contributed by atoms with Crippen LogP contribution in [0.15, 0.2) is 30.3 Å². The first kappa shape index (κ1) is 19.3. The lowest BCUT2D eigenvalue weighted by molar-refractivity contribution is -0.0185. The van der Waals surface area contributed by atoms with E-state index < -0.39 is 17.1 Å². The van der Waals surface area contributed by atoms with Gasteiger partial charge in [-0.1, -0.05) is 30.3 Å². The van der Waals surface area contributed by atoms with Gasteiger partial charge in [0.25, 0.3) is 0 Å². The first-order chi connectivity index (χ1) is 12.2. The largest absolute Gasteiger partial charge is 0.445 e. The van der Waals surface area contributed by atoms with Crippen LogP contribution in [0.2, 0.25) is 0 Å². The van der Waals surface area contributed by atoms with Crippen LogP contribution in [0.1, 0.15) is 39.2 Å². The molecule has 1 amide bonds. The van der Waals surface area contributed by atoms with E-state index >= 15 is 0 Å². The number of nitrogens with zero attached hydrogens (tertiary/aromatic N) is 1. The molecule has 26 heavy (non-hydrogen) atoms. The third kappa shape index (κ3) is 4.10. The second kappa shape index (κ2) is 7.29. The number of aliphatic hydroxyl groups is 1. The molecule has 1 aliphatic heterocycles. The molecule has 1 saturated carbocycles. The van der Waals surface area contributed by atoms with Crippen LogP contribution in [0, 0.1) is 5.41 Å². The standard InChI is InChI=1S/C19H28N2O4S/c1-18(2,3)26(24)20-16-9-15(22)10-19(16)12-21(13-19)17(23)25-11-14-7-5-4-6-8-14/h4-8,15-16,20,22H,9-13H2,1-3H3/t15-,16+,26+/m0/s1. The fourth-order valence-electron chi connectivity index (χ4n) is 3.70. The average Bonchev–Trinajstić information content (AvgIpc) is 2.87. The van der Waals surface area contributed by atoms with E-state index in [1.807, 2.05) is 51.1 Å². The summed E-state index contributed by atoms with van der Waals surface area (Å²) in [4.78, 5) is 13.9. The highest BCUT2D eigenvalue weighted by Crippen LogP contribution is 2.46. The smallest absolute Gasteiger partial charge is 0.410 e. The van der Waals surface area contributed by atoms with E-state index in [2.05, 4.69) is 4.72 Å². The van der Waals surface area contributed by atoms with Crippen LogP contribution >= 0.6 is 0 Å². The highest BCUT2D eigenvalue weighted by Gasteiger charge is 2.56. The fourth-order valence-corrected chi connectivity index (χ4v) is 4.66. The second-order valence-electron chi connectivity index (χ2n) is 8.40. The van der Waals surface area contributed by atoms with Crippen molar-refractivity contribution in [2.75, 3.05) is 13.1 Å². The molecule has 3 atom stereocenters. The van der Waals surface area contributed by atoms with Crippen molar-refractivity contribution >= 4 is 17.1 Å². The summed E-state index contributed by atoms with van der Waals surface area (Å²) in [6.07, 6.45) is 0.423. The van der Waals surface area contributed by atoms with E-state index in [1.54, 1.807) is 4.90 Å². The summed E-state index contributed by atoms with van der Waals surface area (Å²) in [6, 6.07) is 9.52. The first-order valence-corrected chi connectivity index (χ1v) is 10.2. The summed E-state index contributed by atoms with van der Waals surface area (Å²) in [5, 5.41) is 10.1. The number of likely N-dealkylation sites (tertiary alicyclic amines) is 1. The Hall–Kier alpha value is -1.44. The number of aliphatic hydroxyl groups excluding tert-OH is 1. The average molecular weight is 381 g/mol. The van der Waals surface area contributed by atoms with Crippen molar-refractivity contribution in [1.29, 1.82) is 0 Å². The molecular weight excluding hydrogens is 352 g/mol. The third-order valence-electron chi connectivity index (χ3n) is 5.17. The Balaban J connectivity index is 1.55. The molecule has 6 nitrogen and oxygen atoms in total. The van der Waals surface area contributed by atoms with E-state index in [-0.39, 0.29) is 28.9 Å². The van der Waals surface area contributed by atoms with Crippen LogP contribution in [0.3, 0.4) is 0 Å². The number of carbonyl (C=O) groups is 1. The van der Waals surface area contributed by atoms with Crippen LogP contribution in [-0.2, 0) is 22.3 Å². The van der Waals surface area contributed by atoms with Gasteiger partial charge in [0.15, 0.2) is 0 Å². The number of benzene rings is 1. The van der Waals surface area contributed by atoms with Crippen molar-refractivity contribution < 1.29 is 18.8 Å². The topological polar surface area (TPSA) is 78.9 Å². The zero-order valence-electron chi connectivity index (χ0n) is 15.6. The maximum absolute atomic E-state index is 12.4. The minimum atomic E-state index is -1.20. The number of hydrogen-bond acceptors (Lipinski definition) is 4. The molecule has 144 valence electrons. The number of amides is 1. The molecule has 3 rings (SSSR count). The Bertz CT molecular complexity index is 668. The molecule has 1 spiro atoms. The van der Waals surface area contributed by atoms with Gasteiger partial charge < -0.3 is 14.7 Å². The van der Waals surface area contributed by atoms with Crippen LogP contribution < -0.4 is 4.72 Å². The zero-order chi connectivity index (χ0) is 18.9. The highest BCUT2D eigenvalue weighted by molar-refractivity contribution is 7.84. The zero-order valence-corrected chi connectivity index (χ0v) is 16.4. The Kier molecular flexibility index (Phi) is 5.42. The quantitative estimate of drug-likeness (QED) is 0.839. The van der Waals surface area contributed by atoms with Crippen LogP contribution in [0.4, 0.5) is 4.79 Å². The molecule has 1 heterocycles. The monoisotopic (exact) mass is 380 g/mol. The molecule has 7 heteroatoms. The molecule has 0 radical (unpaired) electrons. The summed E-state index contributed by atoms with van der Waals surface area (Å²) in [7, 11) is -1.20. The fraction of sp³-hybridized carbons (Fsp3) is 0.632. The van der Waals surface area contributed by atoms with Gasteiger partial charge in [-0.25, -0.2) is 13.7 Å². The maximum atomic E-state index is 12.4. The molecule has 0 aromatic heterocycles. The number of ether oxygens (including phenoxy) is 1. The van der Waals surface area contributed by atoms with Crippen LogP contribution in [0.25, 0.3) is 0 Å². The van der Waals surface area contributed by atoms with Crippen molar-refractivity contribution in [3.8, 4) is 0 Å². The van der Waals surface area contributed by atoms with Gasteiger partial charge in [-0.05, 0) is 39.2 Å². The molecule has 1 aromatic carbocycles. The summed E-state index contributed by atoms with van der Waals surface area (Å²) in [6.45, 7) is 7.06. The summed E-state index contributed by atoms with van der Waals surface area (Å²) in [5.41, 5.74) is 0.735. The summed E-state index contributed by atoms with van der Waals surface area (Å²) in [5.74, 6) is 0. The van der Waals surface area contributed by atoms with E-state index in [0.717, 1.165) is 5.56 Å². The van der Waals surface area contributed by atoms with E-state index in [1.165, 1.54) is 0 Å². The third-order valence-corrected chi connectivity index (χ3v) is 6.78. The van der Waals surface area contributed by atoms with E-state index in [0.29, 0.717) is 25.9 Å². The molecule has 1 aromatic rings. The predicted octanol–water partition coefficient (Wildman–Crippen LogP) is 2.20. The Morgan fingerprint density at radius 1 is 1.35 bits per heavy atom. The lowest BCUT2D eigenvalue weighted by Crippen LogP contribution is -2.65. The number of carbonyl (C=O) groups excluding carboxylic acids is 1. The molecule has 2 N–H and O–H groups in total. The predicted molar refractivity (Wildman–Crippen MR) is 101 cm³/mol. The number of nitrogens with one attached hydrogen (secondary N) is 1. The Labute approximate surface area is 157 Å². The molecular formula is C19H28N2O4S. The van der Waals surface area contributed by atoms with Gasteiger partial charge in [-0.15, -0.1) is 0 Å². The molecule has 0 bridgehead atoms. The van der Waals surface area contributed by atoms with Crippen molar-refractivity contribution in [2.45, 2.75) is 57.1 Å². The lowest BCUT2D eigenvalue weighted by atomic mass is 9.75. The summed E-state index contributed by atoms with van der Waals surface area (Å²) < 4.78 is 20.6.